The van der Waals surface area contributed by atoms with Crippen LogP contribution in [-0.2, 0) is 0 Å². The van der Waals surface area contributed by atoms with Gasteiger partial charge in [0.15, 0.2) is 11.5 Å². The van der Waals surface area contributed by atoms with Crippen LogP contribution in [0.15, 0.2) is 77.5 Å². The normalized spacial score (nSPS) is 11.1. The number of nitrogens with one attached hydrogen (secondary N) is 1. The van der Waals surface area contributed by atoms with Crippen molar-refractivity contribution in [2.45, 2.75) is 6.92 Å². The largest absolute Gasteiger partial charge is 0.441 e. The first-order valence-electron chi connectivity index (χ1n) is 9.16. The second kappa shape index (κ2) is 6.83. The predicted octanol–water partition coefficient (Wildman–Crippen LogP) is 5.00. The van der Waals surface area contributed by atoms with Crippen LogP contribution in [0.4, 0.5) is 5.69 Å². The van der Waals surface area contributed by atoms with Crippen LogP contribution in [-0.4, -0.2) is 20.9 Å². The monoisotopic (exact) mass is 380 g/mol. The Morgan fingerprint density at radius 3 is 2.62 bits per heavy atom. The Balaban J connectivity index is 1.57. The molecule has 5 rings (SSSR count). The first-order chi connectivity index (χ1) is 14.2. The second-order valence-corrected chi connectivity index (χ2v) is 6.68. The summed E-state index contributed by atoms with van der Waals surface area (Å²) in [4.78, 5) is 26.2. The number of anilines is 1. The summed E-state index contributed by atoms with van der Waals surface area (Å²) in [7, 11) is 0. The Kier molecular flexibility index (Phi) is 4.02. The summed E-state index contributed by atoms with van der Waals surface area (Å²) < 4.78 is 5.56. The number of rotatable bonds is 3. The fourth-order valence-corrected chi connectivity index (χ4v) is 3.35. The SMILES string of the molecule is Cc1nc2ccc(NC(=O)c3cc(-c4ccncc4)nc4ccccc34)cc2o1. The minimum Gasteiger partial charge on any atom is -0.441 e. The highest BCUT2D eigenvalue weighted by Gasteiger charge is 2.15. The van der Waals surface area contributed by atoms with Crippen molar-refractivity contribution in [1.29, 1.82) is 0 Å². The molecule has 0 aliphatic rings. The molecule has 0 unspecified atom stereocenters. The lowest BCUT2D eigenvalue weighted by atomic mass is 10.0. The van der Waals surface area contributed by atoms with Crippen LogP contribution in [0.25, 0.3) is 33.3 Å². The van der Waals surface area contributed by atoms with E-state index in [9.17, 15) is 4.79 Å². The molecule has 3 heterocycles. The number of hydrogen-bond donors (Lipinski definition) is 1. The zero-order valence-corrected chi connectivity index (χ0v) is 15.6. The van der Waals surface area contributed by atoms with Crippen LogP contribution in [0.2, 0.25) is 0 Å². The van der Waals surface area contributed by atoms with Crippen molar-refractivity contribution in [3.05, 3.63) is 84.5 Å². The van der Waals surface area contributed by atoms with Gasteiger partial charge in [-0.05, 0) is 36.4 Å². The number of aromatic nitrogens is 3. The Labute approximate surface area is 166 Å². The Hall–Kier alpha value is -4.06. The average molecular weight is 380 g/mol. The molecule has 29 heavy (non-hydrogen) atoms. The molecule has 140 valence electrons. The lowest BCUT2D eigenvalue weighted by Gasteiger charge is -2.10. The van der Waals surface area contributed by atoms with Gasteiger partial charge in [-0.15, -0.1) is 0 Å². The van der Waals surface area contributed by atoms with Crippen molar-refractivity contribution in [2.24, 2.45) is 0 Å². The minimum absolute atomic E-state index is 0.213. The Morgan fingerprint density at radius 2 is 1.76 bits per heavy atom. The van der Waals surface area contributed by atoms with Gasteiger partial charge in [0.2, 0.25) is 0 Å². The number of fused-ring (bicyclic) bond motifs is 2. The molecule has 0 saturated heterocycles. The van der Waals surface area contributed by atoms with E-state index in [0.717, 1.165) is 27.7 Å². The van der Waals surface area contributed by atoms with Crippen molar-refractivity contribution in [3.63, 3.8) is 0 Å². The number of benzene rings is 2. The summed E-state index contributed by atoms with van der Waals surface area (Å²) in [5.74, 6) is 0.375. The first kappa shape index (κ1) is 17.1. The number of amides is 1. The van der Waals surface area contributed by atoms with Gasteiger partial charge in [0.25, 0.3) is 5.91 Å². The predicted molar refractivity (Wildman–Crippen MR) is 112 cm³/mol. The number of carbonyl (C=O) groups excluding carboxylic acids is 1. The van der Waals surface area contributed by atoms with Crippen LogP contribution in [0.5, 0.6) is 0 Å². The molecule has 0 bridgehead atoms. The molecule has 0 aliphatic carbocycles. The third-order valence-electron chi connectivity index (χ3n) is 4.69. The number of para-hydroxylation sites is 1. The summed E-state index contributed by atoms with van der Waals surface area (Å²) in [6.45, 7) is 1.79. The quantitative estimate of drug-likeness (QED) is 0.476. The van der Waals surface area contributed by atoms with E-state index in [4.69, 9.17) is 9.40 Å². The molecule has 0 radical (unpaired) electrons. The highest BCUT2D eigenvalue weighted by molar-refractivity contribution is 6.13. The van der Waals surface area contributed by atoms with Gasteiger partial charge in [-0.2, -0.15) is 0 Å². The summed E-state index contributed by atoms with van der Waals surface area (Å²) >= 11 is 0. The molecule has 5 aromatic rings. The van der Waals surface area contributed by atoms with Crippen LogP contribution < -0.4 is 5.32 Å². The average Bonchev–Trinajstić information content (AvgIpc) is 3.13. The lowest BCUT2D eigenvalue weighted by molar-refractivity contribution is 0.102. The number of hydrogen-bond acceptors (Lipinski definition) is 5. The van der Waals surface area contributed by atoms with Gasteiger partial charge in [0.05, 0.1) is 16.8 Å². The summed E-state index contributed by atoms with van der Waals surface area (Å²) in [5.41, 5.74) is 4.97. The maximum absolute atomic E-state index is 13.2. The molecule has 0 atom stereocenters. The van der Waals surface area contributed by atoms with Crippen LogP contribution in [0.1, 0.15) is 16.2 Å². The highest BCUT2D eigenvalue weighted by Crippen LogP contribution is 2.26. The molecule has 6 nitrogen and oxygen atoms in total. The molecule has 0 aliphatic heterocycles. The third-order valence-corrected chi connectivity index (χ3v) is 4.69. The van der Waals surface area contributed by atoms with Crippen molar-refractivity contribution in [2.75, 3.05) is 5.32 Å². The van der Waals surface area contributed by atoms with E-state index in [-0.39, 0.29) is 5.91 Å². The van der Waals surface area contributed by atoms with Crippen molar-refractivity contribution in [1.82, 2.24) is 15.0 Å². The summed E-state index contributed by atoms with van der Waals surface area (Å²) in [6, 6.07) is 18.6. The minimum atomic E-state index is -0.213. The third kappa shape index (κ3) is 3.21. The van der Waals surface area contributed by atoms with Gasteiger partial charge in [-0.25, -0.2) is 9.97 Å². The Bertz CT molecular complexity index is 1360. The molecular formula is C23H16N4O2. The number of oxazole rings is 1. The van der Waals surface area contributed by atoms with Crippen molar-refractivity contribution < 1.29 is 9.21 Å². The van der Waals surface area contributed by atoms with Crippen molar-refractivity contribution in [3.8, 4) is 11.3 Å². The molecule has 0 spiro atoms. The maximum Gasteiger partial charge on any atom is 0.256 e. The van der Waals surface area contributed by atoms with Crippen molar-refractivity contribution >= 4 is 33.6 Å². The standard InChI is InChI=1S/C23H16N4O2/c1-14-25-20-7-6-16(12-22(20)29-14)26-23(28)18-13-21(15-8-10-24-11-9-15)27-19-5-3-2-4-17(18)19/h2-13H,1H3,(H,26,28). The van der Waals surface area contributed by atoms with Gasteiger partial charge in [-0.1, -0.05) is 18.2 Å². The molecular weight excluding hydrogens is 364 g/mol. The summed E-state index contributed by atoms with van der Waals surface area (Å²) in [5, 5.41) is 3.75. The topological polar surface area (TPSA) is 80.9 Å². The van der Waals surface area contributed by atoms with E-state index < -0.39 is 0 Å². The van der Waals surface area contributed by atoms with E-state index in [1.165, 1.54) is 0 Å². The van der Waals surface area contributed by atoms with E-state index in [1.807, 2.05) is 54.6 Å². The van der Waals surface area contributed by atoms with Gasteiger partial charge >= 0.3 is 0 Å². The van der Waals surface area contributed by atoms with E-state index >= 15 is 0 Å². The van der Waals surface area contributed by atoms with Gasteiger partial charge < -0.3 is 9.73 Å². The van der Waals surface area contributed by atoms with Gasteiger partial charge in [0, 0.05) is 42.0 Å². The molecule has 3 aromatic heterocycles. The molecule has 0 fully saturated rings. The summed E-state index contributed by atoms with van der Waals surface area (Å²) in [6.07, 6.45) is 3.42. The number of nitrogens with zero attached hydrogens (tertiary/aromatic N) is 3. The maximum atomic E-state index is 13.2. The number of carbonyl (C=O) groups is 1. The van der Waals surface area contributed by atoms with Crippen LogP contribution in [0.3, 0.4) is 0 Å². The zero-order chi connectivity index (χ0) is 19.8. The second-order valence-electron chi connectivity index (χ2n) is 6.68. The highest BCUT2D eigenvalue weighted by atomic mass is 16.3. The number of pyridine rings is 2. The molecule has 1 N–H and O–H groups in total. The first-order valence-corrected chi connectivity index (χ1v) is 9.16. The van der Waals surface area contributed by atoms with Crippen LogP contribution >= 0.6 is 0 Å². The van der Waals surface area contributed by atoms with E-state index in [2.05, 4.69) is 15.3 Å². The van der Waals surface area contributed by atoms with E-state index in [0.29, 0.717) is 22.7 Å². The fourth-order valence-electron chi connectivity index (χ4n) is 3.35. The van der Waals surface area contributed by atoms with Gasteiger partial charge in [0.1, 0.15) is 5.52 Å². The van der Waals surface area contributed by atoms with Gasteiger partial charge in [-0.3, -0.25) is 9.78 Å². The molecule has 6 heteroatoms. The number of aryl methyl sites for hydroxylation is 1. The fraction of sp³-hybridized carbons (Fsp3) is 0.0435. The lowest BCUT2D eigenvalue weighted by Crippen LogP contribution is -2.13. The molecule has 1 amide bonds. The zero-order valence-electron chi connectivity index (χ0n) is 15.6. The van der Waals surface area contributed by atoms with E-state index in [1.54, 1.807) is 25.4 Å². The van der Waals surface area contributed by atoms with Crippen LogP contribution in [0, 0.1) is 6.92 Å². The smallest absolute Gasteiger partial charge is 0.256 e. The Morgan fingerprint density at radius 1 is 0.931 bits per heavy atom. The molecule has 0 saturated carbocycles. The molecule has 2 aromatic carbocycles.